The second-order valence-corrected chi connectivity index (χ2v) is 4.03. The molecular weight excluding hydrogens is 244 g/mol. The lowest BCUT2D eigenvalue weighted by Gasteiger charge is -2.20. The maximum absolute atomic E-state index is 5.86. The monoisotopic (exact) mass is 258 g/mol. The molecule has 0 saturated carbocycles. The Kier molecular flexibility index (Phi) is 4.22. The molecule has 0 radical (unpaired) electrons. The molecule has 3 nitrogen and oxygen atoms in total. The number of rotatable bonds is 4. The van der Waals surface area contributed by atoms with Gasteiger partial charge in [0.15, 0.2) is 0 Å². The zero-order chi connectivity index (χ0) is 10.6. The quantitative estimate of drug-likeness (QED) is 0.842. The summed E-state index contributed by atoms with van der Waals surface area (Å²) < 4.78 is 6.04. The van der Waals surface area contributed by atoms with Crippen molar-refractivity contribution in [2.45, 2.75) is 0 Å². The van der Waals surface area contributed by atoms with Crippen molar-refractivity contribution in [3.05, 3.63) is 22.7 Å². The summed E-state index contributed by atoms with van der Waals surface area (Å²) in [6, 6.07) is 5.83. The van der Waals surface area contributed by atoms with Crippen molar-refractivity contribution in [3.8, 4) is 0 Å². The van der Waals surface area contributed by atoms with Gasteiger partial charge in [-0.1, -0.05) is 15.9 Å². The molecule has 1 rings (SSSR count). The Labute approximate surface area is 93.0 Å². The Balaban J connectivity index is 2.77. The van der Waals surface area contributed by atoms with Crippen LogP contribution < -0.4 is 10.6 Å². The lowest BCUT2D eigenvalue weighted by molar-refractivity contribution is 0.206. The van der Waals surface area contributed by atoms with E-state index in [1.807, 2.05) is 25.2 Å². The first-order valence-electron chi connectivity index (χ1n) is 4.40. The molecule has 0 heterocycles. The Morgan fingerprint density at radius 2 is 2.21 bits per heavy atom. The van der Waals surface area contributed by atoms with Gasteiger partial charge in [0, 0.05) is 25.2 Å². The van der Waals surface area contributed by atoms with Crippen LogP contribution in [0.5, 0.6) is 0 Å². The predicted molar refractivity (Wildman–Crippen MR) is 63.7 cm³/mol. The molecule has 0 amide bonds. The van der Waals surface area contributed by atoms with E-state index >= 15 is 0 Å². The number of anilines is 2. The summed E-state index contributed by atoms with van der Waals surface area (Å²) in [7, 11) is 3.69. The highest BCUT2D eigenvalue weighted by Crippen LogP contribution is 2.25. The normalized spacial score (nSPS) is 10.2. The highest BCUT2D eigenvalue weighted by atomic mass is 79.9. The number of nitrogen functional groups attached to an aromatic ring is 1. The number of likely N-dealkylation sites (N-methyl/N-ethyl adjacent to an activating group) is 1. The zero-order valence-corrected chi connectivity index (χ0v) is 10.0. The average molecular weight is 259 g/mol. The molecule has 0 bridgehead atoms. The van der Waals surface area contributed by atoms with Crippen LogP contribution in [-0.4, -0.2) is 27.3 Å². The summed E-state index contributed by atoms with van der Waals surface area (Å²) in [5, 5.41) is 0. The van der Waals surface area contributed by atoms with E-state index in [1.54, 1.807) is 7.11 Å². The molecule has 0 unspecified atom stereocenters. The fourth-order valence-corrected chi connectivity index (χ4v) is 1.55. The standard InChI is InChI=1S/C10H15BrN2O/c1-13(5-6-14-2)10-7-8(11)3-4-9(10)12/h3-4,7H,5-6,12H2,1-2H3. The predicted octanol–water partition coefficient (Wildman–Crippen LogP) is 2.11. The summed E-state index contributed by atoms with van der Waals surface area (Å²) in [4.78, 5) is 2.07. The van der Waals surface area contributed by atoms with Crippen LogP contribution in [0.15, 0.2) is 22.7 Å². The number of benzene rings is 1. The minimum absolute atomic E-state index is 0.697. The number of nitrogens with two attached hydrogens (primary N) is 1. The van der Waals surface area contributed by atoms with Crippen LogP contribution in [0.3, 0.4) is 0 Å². The second kappa shape index (κ2) is 5.22. The summed E-state index contributed by atoms with van der Waals surface area (Å²) in [6.45, 7) is 1.53. The van der Waals surface area contributed by atoms with E-state index in [2.05, 4.69) is 20.8 Å². The van der Waals surface area contributed by atoms with E-state index in [-0.39, 0.29) is 0 Å². The topological polar surface area (TPSA) is 38.5 Å². The first-order chi connectivity index (χ1) is 6.65. The SMILES string of the molecule is COCCN(C)c1cc(Br)ccc1N. The second-order valence-electron chi connectivity index (χ2n) is 3.12. The molecule has 2 N–H and O–H groups in total. The Bertz CT molecular complexity index is 304. The smallest absolute Gasteiger partial charge is 0.0637 e. The van der Waals surface area contributed by atoms with Crippen molar-refractivity contribution in [3.63, 3.8) is 0 Å². The Morgan fingerprint density at radius 3 is 2.86 bits per heavy atom. The van der Waals surface area contributed by atoms with Gasteiger partial charge in [0.25, 0.3) is 0 Å². The highest BCUT2D eigenvalue weighted by Gasteiger charge is 2.04. The van der Waals surface area contributed by atoms with Crippen LogP contribution in [0.1, 0.15) is 0 Å². The van der Waals surface area contributed by atoms with Crippen LogP contribution >= 0.6 is 15.9 Å². The van der Waals surface area contributed by atoms with Crippen LogP contribution in [0.25, 0.3) is 0 Å². The van der Waals surface area contributed by atoms with Gasteiger partial charge in [-0.15, -0.1) is 0 Å². The van der Waals surface area contributed by atoms with Gasteiger partial charge in [0.05, 0.1) is 18.0 Å². The van der Waals surface area contributed by atoms with E-state index in [4.69, 9.17) is 10.5 Å². The first kappa shape index (κ1) is 11.3. The van der Waals surface area contributed by atoms with Gasteiger partial charge in [-0.05, 0) is 18.2 Å². The molecule has 0 aromatic heterocycles. The first-order valence-corrected chi connectivity index (χ1v) is 5.19. The van der Waals surface area contributed by atoms with Gasteiger partial charge < -0.3 is 15.4 Å². The maximum Gasteiger partial charge on any atom is 0.0637 e. The molecule has 0 fully saturated rings. The molecule has 1 aromatic rings. The number of halogens is 1. The number of nitrogens with zero attached hydrogens (tertiary/aromatic N) is 1. The molecule has 0 spiro atoms. The molecule has 0 aliphatic rings. The molecule has 14 heavy (non-hydrogen) atoms. The van der Waals surface area contributed by atoms with Crippen molar-refractivity contribution in [1.82, 2.24) is 0 Å². The average Bonchev–Trinajstić information content (AvgIpc) is 2.18. The van der Waals surface area contributed by atoms with Crippen molar-refractivity contribution in [1.29, 1.82) is 0 Å². The van der Waals surface area contributed by atoms with Crippen LogP contribution in [0.2, 0.25) is 0 Å². The minimum Gasteiger partial charge on any atom is -0.397 e. The van der Waals surface area contributed by atoms with Crippen molar-refractivity contribution in [2.75, 3.05) is 37.9 Å². The molecule has 78 valence electrons. The van der Waals surface area contributed by atoms with E-state index in [0.29, 0.717) is 6.61 Å². The summed E-state index contributed by atoms with van der Waals surface area (Å²) in [6.07, 6.45) is 0. The van der Waals surface area contributed by atoms with Crippen molar-refractivity contribution < 1.29 is 4.74 Å². The third-order valence-electron chi connectivity index (χ3n) is 2.03. The van der Waals surface area contributed by atoms with Crippen LogP contribution in [0.4, 0.5) is 11.4 Å². The fourth-order valence-electron chi connectivity index (χ4n) is 1.20. The Morgan fingerprint density at radius 1 is 1.50 bits per heavy atom. The van der Waals surface area contributed by atoms with Gasteiger partial charge in [-0.3, -0.25) is 0 Å². The van der Waals surface area contributed by atoms with E-state index in [9.17, 15) is 0 Å². The summed E-state index contributed by atoms with van der Waals surface area (Å²) >= 11 is 3.42. The highest BCUT2D eigenvalue weighted by molar-refractivity contribution is 9.10. The summed E-state index contributed by atoms with van der Waals surface area (Å²) in [5.41, 5.74) is 7.67. The number of hydrogen-bond donors (Lipinski definition) is 1. The minimum atomic E-state index is 0.697. The van der Waals surface area contributed by atoms with Crippen molar-refractivity contribution >= 4 is 27.3 Å². The van der Waals surface area contributed by atoms with Crippen molar-refractivity contribution in [2.24, 2.45) is 0 Å². The molecule has 0 atom stereocenters. The van der Waals surface area contributed by atoms with Gasteiger partial charge in [-0.2, -0.15) is 0 Å². The molecule has 1 aromatic carbocycles. The summed E-state index contributed by atoms with van der Waals surface area (Å²) in [5.74, 6) is 0. The van der Waals surface area contributed by atoms with Crippen LogP contribution in [0, 0.1) is 0 Å². The number of ether oxygens (including phenoxy) is 1. The van der Waals surface area contributed by atoms with Gasteiger partial charge in [-0.25, -0.2) is 0 Å². The van der Waals surface area contributed by atoms with Crippen LogP contribution in [-0.2, 0) is 4.74 Å². The molecular formula is C10H15BrN2O. The van der Waals surface area contributed by atoms with Gasteiger partial charge in [0.2, 0.25) is 0 Å². The van der Waals surface area contributed by atoms with Gasteiger partial charge in [0.1, 0.15) is 0 Å². The third-order valence-corrected chi connectivity index (χ3v) is 2.53. The molecule has 0 saturated heterocycles. The van der Waals surface area contributed by atoms with Gasteiger partial charge >= 0.3 is 0 Å². The number of methoxy groups -OCH3 is 1. The fraction of sp³-hybridized carbons (Fsp3) is 0.400. The molecule has 0 aliphatic heterocycles. The maximum atomic E-state index is 5.86. The zero-order valence-electron chi connectivity index (χ0n) is 8.46. The lowest BCUT2D eigenvalue weighted by Crippen LogP contribution is -2.22. The third kappa shape index (κ3) is 2.89. The number of hydrogen-bond acceptors (Lipinski definition) is 3. The lowest BCUT2D eigenvalue weighted by atomic mass is 10.2. The van der Waals surface area contributed by atoms with E-state index in [1.165, 1.54) is 0 Å². The largest absolute Gasteiger partial charge is 0.397 e. The van der Waals surface area contributed by atoms with E-state index < -0.39 is 0 Å². The van der Waals surface area contributed by atoms with E-state index in [0.717, 1.165) is 22.4 Å². The molecule has 0 aliphatic carbocycles. The molecule has 4 heteroatoms. The Hall–Kier alpha value is -0.740.